The average molecular weight is 390 g/mol. The van der Waals surface area contributed by atoms with Gasteiger partial charge in [0.25, 0.3) is 0 Å². The van der Waals surface area contributed by atoms with Gasteiger partial charge < -0.3 is 20.5 Å². The Morgan fingerprint density at radius 1 is 1.26 bits per heavy atom. The standard InChI is InChI=1S/C21H31N3O2S/c1-4-22-20(24-16-21(3,25)19-10-11-27-15-19)23-12-17(2)13-26-14-18-8-6-5-7-9-18/h5-11,15,17,25H,4,12-14,16H2,1-3H3,(H2,22,23,24). The summed E-state index contributed by atoms with van der Waals surface area (Å²) in [6.45, 7) is 9.09. The van der Waals surface area contributed by atoms with E-state index in [0.717, 1.165) is 18.7 Å². The van der Waals surface area contributed by atoms with Crippen LogP contribution >= 0.6 is 11.3 Å². The number of nitrogens with zero attached hydrogens (tertiary/aromatic N) is 1. The molecule has 0 aliphatic rings. The van der Waals surface area contributed by atoms with E-state index in [1.165, 1.54) is 5.56 Å². The predicted octanol–water partition coefficient (Wildman–Crippen LogP) is 3.36. The van der Waals surface area contributed by atoms with Gasteiger partial charge in [-0.1, -0.05) is 37.3 Å². The number of rotatable bonds is 10. The summed E-state index contributed by atoms with van der Waals surface area (Å²) in [4.78, 5) is 4.55. The summed E-state index contributed by atoms with van der Waals surface area (Å²) >= 11 is 1.58. The monoisotopic (exact) mass is 389 g/mol. The minimum absolute atomic E-state index is 0.304. The Morgan fingerprint density at radius 3 is 2.70 bits per heavy atom. The first-order valence-electron chi connectivity index (χ1n) is 9.40. The van der Waals surface area contributed by atoms with Gasteiger partial charge >= 0.3 is 0 Å². The summed E-state index contributed by atoms with van der Waals surface area (Å²) in [7, 11) is 0. The van der Waals surface area contributed by atoms with Gasteiger partial charge in [0.05, 0.1) is 19.8 Å². The number of hydrogen-bond donors (Lipinski definition) is 3. The zero-order chi connectivity index (χ0) is 19.5. The summed E-state index contributed by atoms with van der Waals surface area (Å²) in [5, 5.41) is 21.1. The van der Waals surface area contributed by atoms with Crippen molar-refractivity contribution >= 4 is 17.3 Å². The molecule has 2 unspecified atom stereocenters. The second-order valence-electron chi connectivity index (χ2n) is 6.97. The molecule has 0 fully saturated rings. The van der Waals surface area contributed by atoms with E-state index < -0.39 is 5.60 Å². The Balaban J connectivity index is 1.77. The molecule has 0 aliphatic carbocycles. The fourth-order valence-corrected chi connectivity index (χ4v) is 3.30. The maximum Gasteiger partial charge on any atom is 0.191 e. The first-order chi connectivity index (χ1) is 13.0. The van der Waals surface area contributed by atoms with Crippen LogP contribution in [-0.4, -0.2) is 37.3 Å². The first kappa shape index (κ1) is 21.4. The molecule has 5 nitrogen and oxygen atoms in total. The van der Waals surface area contributed by atoms with Gasteiger partial charge in [-0.15, -0.1) is 0 Å². The Morgan fingerprint density at radius 2 is 2.04 bits per heavy atom. The van der Waals surface area contributed by atoms with E-state index in [-0.39, 0.29) is 0 Å². The molecule has 3 N–H and O–H groups in total. The zero-order valence-corrected chi connectivity index (χ0v) is 17.3. The highest BCUT2D eigenvalue weighted by Gasteiger charge is 2.23. The average Bonchev–Trinajstić information content (AvgIpc) is 3.21. The van der Waals surface area contributed by atoms with Gasteiger partial charge in [-0.25, -0.2) is 4.99 Å². The van der Waals surface area contributed by atoms with Gasteiger partial charge in [-0.05, 0) is 47.7 Å². The Kier molecular flexibility index (Phi) is 8.78. The van der Waals surface area contributed by atoms with E-state index in [1.807, 2.05) is 41.9 Å². The third kappa shape index (κ3) is 7.71. The normalized spacial score (nSPS) is 15.2. The predicted molar refractivity (Wildman–Crippen MR) is 113 cm³/mol. The summed E-state index contributed by atoms with van der Waals surface area (Å²) < 4.78 is 5.80. The van der Waals surface area contributed by atoms with Crippen molar-refractivity contribution in [3.63, 3.8) is 0 Å². The maximum atomic E-state index is 10.6. The third-order valence-corrected chi connectivity index (χ3v) is 4.85. The Labute approximate surface area is 166 Å². The van der Waals surface area contributed by atoms with E-state index in [4.69, 9.17) is 4.74 Å². The van der Waals surface area contributed by atoms with E-state index in [1.54, 1.807) is 18.3 Å². The molecule has 1 aromatic heterocycles. The molecule has 0 saturated carbocycles. The van der Waals surface area contributed by atoms with Crippen molar-refractivity contribution in [2.24, 2.45) is 10.9 Å². The van der Waals surface area contributed by atoms with Crippen molar-refractivity contribution < 1.29 is 9.84 Å². The van der Waals surface area contributed by atoms with Gasteiger partial charge in [0.1, 0.15) is 5.60 Å². The SMILES string of the molecule is CCNC(=NCC(C)(O)c1ccsc1)NCC(C)COCc1ccccc1. The molecule has 0 radical (unpaired) electrons. The number of benzene rings is 1. The van der Waals surface area contributed by atoms with E-state index in [2.05, 4.69) is 34.7 Å². The van der Waals surface area contributed by atoms with Crippen LogP contribution in [0, 0.1) is 5.92 Å². The van der Waals surface area contributed by atoms with Crippen molar-refractivity contribution in [2.75, 3.05) is 26.2 Å². The van der Waals surface area contributed by atoms with Gasteiger partial charge in [0, 0.05) is 13.1 Å². The minimum Gasteiger partial charge on any atom is -0.383 e. The molecule has 0 bridgehead atoms. The summed E-state index contributed by atoms with van der Waals surface area (Å²) in [5.74, 6) is 1.05. The van der Waals surface area contributed by atoms with Gasteiger partial charge in [0.15, 0.2) is 5.96 Å². The van der Waals surface area contributed by atoms with Crippen LogP contribution in [0.4, 0.5) is 0 Å². The molecule has 0 spiro atoms. The number of hydrogen-bond acceptors (Lipinski definition) is 4. The van der Waals surface area contributed by atoms with E-state index >= 15 is 0 Å². The lowest BCUT2D eigenvalue weighted by Gasteiger charge is -2.21. The van der Waals surface area contributed by atoms with Crippen LogP contribution in [0.5, 0.6) is 0 Å². The van der Waals surface area contributed by atoms with Crippen molar-refractivity contribution in [1.29, 1.82) is 0 Å². The first-order valence-corrected chi connectivity index (χ1v) is 10.3. The molecule has 27 heavy (non-hydrogen) atoms. The molecule has 2 rings (SSSR count). The number of aliphatic imine (C=N–C) groups is 1. The number of ether oxygens (including phenoxy) is 1. The van der Waals surface area contributed by atoms with Crippen molar-refractivity contribution in [2.45, 2.75) is 33.0 Å². The lowest BCUT2D eigenvalue weighted by atomic mass is 10.00. The molecule has 6 heteroatoms. The quantitative estimate of drug-likeness (QED) is 0.431. The van der Waals surface area contributed by atoms with E-state index in [0.29, 0.717) is 31.6 Å². The highest BCUT2D eigenvalue weighted by molar-refractivity contribution is 7.08. The van der Waals surface area contributed by atoms with Crippen LogP contribution in [0.25, 0.3) is 0 Å². The second kappa shape index (κ2) is 11.1. The highest BCUT2D eigenvalue weighted by Crippen LogP contribution is 2.23. The van der Waals surface area contributed by atoms with Gasteiger partial charge in [0.2, 0.25) is 0 Å². The van der Waals surface area contributed by atoms with Crippen LogP contribution in [0.15, 0.2) is 52.2 Å². The Bertz CT molecular complexity index is 672. The van der Waals surface area contributed by atoms with Crippen LogP contribution in [0.3, 0.4) is 0 Å². The number of nitrogens with one attached hydrogen (secondary N) is 2. The number of aliphatic hydroxyl groups is 1. The zero-order valence-electron chi connectivity index (χ0n) is 16.4. The van der Waals surface area contributed by atoms with Gasteiger partial charge in [-0.3, -0.25) is 0 Å². The second-order valence-corrected chi connectivity index (χ2v) is 7.75. The van der Waals surface area contributed by atoms with Crippen LogP contribution < -0.4 is 10.6 Å². The summed E-state index contributed by atoms with van der Waals surface area (Å²) in [6, 6.07) is 12.1. The third-order valence-electron chi connectivity index (χ3n) is 4.16. The van der Waals surface area contributed by atoms with Crippen molar-refractivity contribution in [3.8, 4) is 0 Å². The molecular weight excluding hydrogens is 358 g/mol. The van der Waals surface area contributed by atoms with Crippen molar-refractivity contribution in [3.05, 3.63) is 58.3 Å². The molecular formula is C21H31N3O2S. The maximum absolute atomic E-state index is 10.6. The highest BCUT2D eigenvalue weighted by atomic mass is 32.1. The molecule has 148 valence electrons. The fraction of sp³-hybridized carbons (Fsp3) is 0.476. The Hall–Kier alpha value is -1.89. The topological polar surface area (TPSA) is 65.9 Å². The fourth-order valence-electron chi connectivity index (χ4n) is 2.52. The summed E-state index contributed by atoms with van der Waals surface area (Å²) in [5.41, 5.74) is 1.12. The molecule has 2 atom stereocenters. The summed E-state index contributed by atoms with van der Waals surface area (Å²) in [6.07, 6.45) is 0. The smallest absolute Gasteiger partial charge is 0.191 e. The molecule has 1 heterocycles. The minimum atomic E-state index is -0.966. The molecule has 2 aromatic rings. The van der Waals surface area contributed by atoms with E-state index in [9.17, 15) is 5.11 Å². The van der Waals surface area contributed by atoms with Crippen LogP contribution in [0.1, 0.15) is 31.9 Å². The lowest BCUT2D eigenvalue weighted by molar-refractivity contribution is 0.0676. The number of guanidine groups is 1. The van der Waals surface area contributed by atoms with Crippen LogP contribution in [0.2, 0.25) is 0 Å². The van der Waals surface area contributed by atoms with Crippen LogP contribution in [-0.2, 0) is 16.9 Å². The number of thiophene rings is 1. The van der Waals surface area contributed by atoms with Gasteiger partial charge in [-0.2, -0.15) is 11.3 Å². The molecule has 0 aliphatic heterocycles. The largest absolute Gasteiger partial charge is 0.383 e. The molecule has 1 aromatic carbocycles. The molecule has 0 amide bonds. The molecule has 0 saturated heterocycles. The van der Waals surface area contributed by atoms with Crippen molar-refractivity contribution in [1.82, 2.24) is 10.6 Å². The lowest BCUT2D eigenvalue weighted by Crippen LogP contribution is -2.41.